The van der Waals surface area contributed by atoms with Gasteiger partial charge in [0, 0.05) is 7.05 Å². The molecular formula is C14H19NO3. The highest BCUT2D eigenvalue weighted by molar-refractivity contribution is 5.83. The number of likely N-dealkylation sites (N-methyl/N-ethyl adjacent to an activating group) is 1. The van der Waals surface area contributed by atoms with E-state index in [1.54, 1.807) is 0 Å². The number of aryl methyl sites for hydroxylation is 3. The van der Waals surface area contributed by atoms with E-state index >= 15 is 0 Å². The highest BCUT2D eigenvalue weighted by Gasteiger charge is 2.15. The topological polar surface area (TPSA) is 57.6 Å². The van der Waals surface area contributed by atoms with E-state index in [0.29, 0.717) is 0 Å². The number of carboxylic acid groups (broad SMARTS) is 1. The molecule has 4 heteroatoms. The zero-order valence-corrected chi connectivity index (χ0v) is 11.3. The van der Waals surface area contributed by atoms with Crippen LogP contribution in [-0.4, -0.2) is 35.5 Å². The van der Waals surface area contributed by atoms with Gasteiger partial charge in [-0.05, 0) is 37.5 Å². The Morgan fingerprint density at radius 3 is 2.11 bits per heavy atom. The van der Waals surface area contributed by atoms with Crippen LogP contribution in [0.5, 0.6) is 0 Å². The van der Waals surface area contributed by atoms with Crippen molar-refractivity contribution in [1.29, 1.82) is 0 Å². The van der Waals surface area contributed by atoms with Crippen molar-refractivity contribution in [2.75, 3.05) is 13.6 Å². The zero-order valence-electron chi connectivity index (χ0n) is 11.3. The Hall–Kier alpha value is -1.84. The molecule has 4 nitrogen and oxygen atoms in total. The minimum Gasteiger partial charge on any atom is -0.480 e. The van der Waals surface area contributed by atoms with Crippen LogP contribution in [0.1, 0.15) is 22.3 Å². The van der Waals surface area contributed by atoms with Gasteiger partial charge in [0.25, 0.3) is 0 Å². The lowest BCUT2D eigenvalue weighted by atomic mass is 9.97. The number of benzene rings is 1. The molecule has 0 spiro atoms. The summed E-state index contributed by atoms with van der Waals surface area (Å²) in [5.74, 6) is -1.17. The molecule has 1 rings (SSSR count). The maximum absolute atomic E-state index is 11.9. The molecule has 0 heterocycles. The molecule has 0 fully saturated rings. The number of hydrogen-bond acceptors (Lipinski definition) is 2. The molecule has 0 bridgehead atoms. The molecule has 1 aromatic carbocycles. The number of carboxylic acids is 1. The van der Waals surface area contributed by atoms with Crippen molar-refractivity contribution >= 4 is 11.9 Å². The molecule has 0 atom stereocenters. The van der Waals surface area contributed by atoms with Crippen molar-refractivity contribution in [3.05, 3.63) is 34.4 Å². The minimum atomic E-state index is -0.997. The Morgan fingerprint density at radius 2 is 1.67 bits per heavy atom. The van der Waals surface area contributed by atoms with E-state index < -0.39 is 5.97 Å². The van der Waals surface area contributed by atoms with Gasteiger partial charge in [0.2, 0.25) is 5.91 Å². The number of rotatable bonds is 4. The Kier molecular flexibility index (Phi) is 4.48. The van der Waals surface area contributed by atoms with Gasteiger partial charge in [0.15, 0.2) is 0 Å². The Morgan fingerprint density at radius 1 is 1.17 bits per heavy atom. The quantitative estimate of drug-likeness (QED) is 0.883. The molecular weight excluding hydrogens is 230 g/mol. The third-order valence-electron chi connectivity index (χ3n) is 2.97. The van der Waals surface area contributed by atoms with Crippen molar-refractivity contribution in [1.82, 2.24) is 4.90 Å². The highest BCUT2D eigenvalue weighted by atomic mass is 16.4. The monoisotopic (exact) mass is 249 g/mol. The molecule has 0 unspecified atom stereocenters. The van der Waals surface area contributed by atoms with Gasteiger partial charge in [-0.25, -0.2) is 0 Å². The molecule has 0 aromatic heterocycles. The second-order valence-electron chi connectivity index (χ2n) is 4.70. The fourth-order valence-electron chi connectivity index (χ4n) is 2.07. The lowest BCUT2D eigenvalue weighted by Crippen LogP contribution is -2.33. The lowest BCUT2D eigenvalue weighted by molar-refractivity contribution is -0.143. The minimum absolute atomic E-state index is 0.174. The van der Waals surface area contributed by atoms with Crippen molar-refractivity contribution in [2.24, 2.45) is 0 Å². The first-order valence-electron chi connectivity index (χ1n) is 5.83. The fraction of sp³-hybridized carbons (Fsp3) is 0.429. The number of amides is 1. The second kappa shape index (κ2) is 5.67. The largest absolute Gasteiger partial charge is 0.480 e. The third-order valence-corrected chi connectivity index (χ3v) is 2.97. The van der Waals surface area contributed by atoms with Crippen molar-refractivity contribution in [3.63, 3.8) is 0 Å². The van der Waals surface area contributed by atoms with E-state index in [1.807, 2.05) is 32.9 Å². The number of carbonyl (C=O) groups excluding carboxylic acids is 1. The summed E-state index contributed by atoms with van der Waals surface area (Å²) >= 11 is 0. The molecule has 0 saturated heterocycles. The average molecular weight is 249 g/mol. The van der Waals surface area contributed by atoms with Gasteiger partial charge in [-0.3, -0.25) is 9.59 Å². The molecule has 0 radical (unpaired) electrons. The Bertz CT molecular complexity index is 457. The second-order valence-corrected chi connectivity index (χ2v) is 4.70. The first kappa shape index (κ1) is 14.2. The van der Waals surface area contributed by atoms with Gasteiger partial charge < -0.3 is 10.0 Å². The summed E-state index contributed by atoms with van der Waals surface area (Å²) in [6.07, 6.45) is 0.252. The van der Waals surface area contributed by atoms with E-state index in [4.69, 9.17) is 5.11 Å². The van der Waals surface area contributed by atoms with Crippen molar-refractivity contribution in [2.45, 2.75) is 27.2 Å². The molecule has 98 valence electrons. The van der Waals surface area contributed by atoms with Crippen LogP contribution in [0, 0.1) is 20.8 Å². The van der Waals surface area contributed by atoms with Crippen molar-refractivity contribution < 1.29 is 14.7 Å². The number of nitrogens with zero attached hydrogens (tertiary/aromatic N) is 1. The summed E-state index contributed by atoms with van der Waals surface area (Å²) in [7, 11) is 1.51. The van der Waals surface area contributed by atoms with Crippen LogP contribution in [0.2, 0.25) is 0 Å². The first-order valence-corrected chi connectivity index (χ1v) is 5.83. The number of aliphatic carboxylic acids is 1. The van der Waals surface area contributed by atoms with Crippen LogP contribution in [0.4, 0.5) is 0 Å². The van der Waals surface area contributed by atoms with E-state index in [-0.39, 0.29) is 18.9 Å². The Balaban J connectivity index is 2.85. The standard InChI is InChI=1S/C14H19NO3/c1-9-5-10(2)12(11(3)6-9)7-13(16)15(4)8-14(17)18/h5-6H,7-8H2,1-4H3,(H,17,18). The van der Waals surface area contributed by atoms with Crippen LogP contribution in [0.15, 0.2) is 12.1 Å². The summed E-state index contributed by atoms with van der Waals surface area (Å²) in [4.78, 5) is 23.7. The first-order chi connectivity index (χ1) is 8.31. The fourth-order valence-corrected chi connectivity index (χ4v) is 2.07. The summed E-state index contributed by atoms with van der Waals surface area (Å²) < 4.78 is 0. The maximum Gasteiger partial charge on any atom is 0.323 e. The molecule has 1 aromatic rings. The smallest absolute Gasteiger partial charge is 0.323 e. The predicted molar refractivity (Wildman–Crippen MR) is 69.6 cm³/mol. The van der Waals surface area contributed by atoms with Crippen LogP contribution in [0.3, 0.4) is 0 Å². The molecule has 0 aliphatic rings. The maximum atomic E-state index is 11.9. The van der Waals surface area contributed by atoms with Crippen LogP contribution < -0.4 is 0 Å². The van der Waals surface area contributed by atoms with Gasteiger partial charge in [-0.1, -0.05) is 17.7 Å². The molecule has 1 N–H and O–H groups in total. The van der Waals surface area contributed by atoms with E-state index in [1.165, 1.54) is 17.5 Å². The van der Waals surface area contributed by atoms with Crippen molar-refractivity contribution in [3.8, 4) is 0 Å². The van der Waals surface area contributed by atoms with Gasteiger partial charge >= 0.3 is 5.97 Å². The number of hydrogen-bond donors (Lipinski definition) is 1. The summed E-state index contributed by atoms with van der Waals surface area (Å²) in [6.45, 7) is 5.70. The summed E-state index contributed by atoms with van der Waals surface area (Å²) in [5, 5.41) is 8.65. The molecule has 1 amide bonds. The van der Waals surface area contributed by atoms with Gasteiger partial charge in [-0.2, -0.15) is 0 Å². The molecule has 0 aliphatic carbocycles. The normalized spacial score (nSPS) is 10.2. The van der Waals surface area contributed by atoms with E-state index in [9.17, 15) is 9.59 Å². The summed E-state index contributed by atoms with van der Waals surface area (Å²) in [6, 6.07) is 4.07. The number of carbonyl (C=O) groups is 2. The predicted octanol–water partition coefficient (Wildman–Crippen LogP) is 1.70. The van der Waals surface area contributed by atoms with Gasteiger partial charge in [0.05, 0.1) is 6.42 Å². The lowest BCUT2D eigenvalue weighted by Gasteiger charge is -2.17. The Labute approximate surface area is 107 Å². The van der Waals surface area contributed by atoms with Crippen LogP contribution in [0.25, 0.3) is 0 Å². The molecule has 0 aliphatic heterocycles. The van der Waals surface area contributed by atoms with Gasteiger partial charge in [0.1, 0.15) is 6.54 Å². The molecule has 18 heavy (non-hydrogen) atoms. The molecule has 0 saturated carbocycles. The highest BCUT2D eigenvalue weighted by Crippen LogP contribution is 2.17. The van der Waals surface area contributed by atoms with E-state index in [2.05, 4.69) is 0 Å². The summed E-state index contributed by atoms with van der Waals surface area (Å²) in [5.41, 5.74) is 4.30. The third kappa shape index (κ3) is 3.58. The van der Waals surface area contributed by atoms with E-state index in [0.717, 1.165) is 16.7 Å². The SMILES string of the molecule is Cc1cc(C)c(CC(=O)N(C)CC(=O)O)c(C)c1. The van der Waals surface area contributed by atoms with Crippen LogP contribution in [-0.2, 0) is 16.0 Å². The van der Waals surface area contributed by atoms with Gasteiger partial charge in [-0.15, -0.1) is 0 Å². The van der Waals surface area contributed by atoms with Crippen LogP contribution >= 0.6 is 0 Å². The zero-order chi connectivity index (χ0) is 13.9. The average Bonchev–Trinajstić information content (AvgIpc) is 2.21.